The van der Waals surface area contributed by atoms with Crippen LogP contribution >= 0.6 is 11.3 Å². The van der Waals surface area contributed by atoms with Gasteiger partial charge >= 0.3 is 6.01 Å². The Morgan fingerprint density at radius 1 is 1.15 bits per heavy atom. The minimum atomic E-state index is -0.488. The minimum Gasteiger partial charge on any atom is -0.421 e. The van der Waals surface area contributed by atoms with Gasteiger partial charge < -0.3 is 10.1 Å². The molecule has 1 amide bonds. The highest BCUT2D eigenvalue weighted by Crippen LogP contribution is 2.25. The lowest BCUT2D eigenvalue weighted by atomic mass is 10.2. The monoisotopic (exact) mass is 385 g/mol. The summed E-state index contributed by atoms with van der Waals surface area (Å²) in [4.78, 5) is 22.0. The summed E-state index contributed by atoms with van der Waals surface area (Å²) in [6.45, 7) is 5.55. The first-order valence-electron chi connectivity index (χ1n) is 8.54. The maximum Gasteiger partial charge on any atom is 0.322 e. The maximum atomic E-state index is 13.7. The molecule has 1 aromatic carbocycles. The number of ether oxygens (including phenoxy) is 1. The summed E-state index contributed by atoms with van der Waals surface area (Å²) in [5.74, 6) is -0.530. The number of aryl methyl sites for hydroxylation is 4. The second-order valence-corrected chi connectivity index (χ2v) is 7.16. The molecule has 1 N–H and O–H groups in total. The number of benzene rings is 1. The molecule has 0 unspecified atom stereocenters. The fraction of sp³-hybridized carbons (Fsp3) is 0.250. The van der Waals surface area contributed by atoms with Gasteiger partial charge in [0.2, 0.25) is 5.91 Å². The number of para-hydroxylation sites is 1. The fourth-order valence-corrected chi connectivity index (χ4v) is 3.54. The normalized spacial score (nSPS) is 10.7. The lowest BCUT2D eigenvalue weighted by molar-refractivity contribution is -0.116. The van der Waals surface area contributed by atoms with E-state index in [1.165, 1.54) is 22.6 Å². The van der Waals surface area contributed by atoms with Crippen molar-refractivity contribution in [1.82, 2.24) is 9.97 Å². The molecule has 2 aromatic heterocycles. The topological polar surface area (TPSA) is 64.1 Å². The Balaban J connectivity index is 1.68. The summed E-state index contributed by atoms with van der Waals surface area (Å²) in [6, 6.07) is 8.15. The number of nitrogens with one attached hydrogen (secondary N) is 1. The van der Waals surface area contributed by atoms with Crippen LogP contribution in [0.1, 0.15) is 28.2 Å². The highest BCUT2D eigenvalue weighted by molar-refractivity contribution is 7.10. The standard InChI is InChI=1S/C20H20FN3O2S/c1-12-10-11-27-17(12)8-9-18(25)24-19-13(2)22-20(23-14(19)3)26-16-7-5-4-6-15(16)21/h4-7,10-11H,8-9H2,1-3H3,(H,24,25). The smallest absolute Gasteiger partial charge is 0.322 e. The van der Waals surface area contributed by atoms with E-state index in [4.69, 9.17) is 4.74 Å². The Morgan fingerprint density at radius 3 is 2.48 bits per heavy atom. The fourth-order valence-electron chi connectivity index (χ4n) is 2.63. The van der Waals surface area contributed by atoms with Crippen molar-refractivity contribution in [3.8, 4) is 11.8 Å². The first-order valence-corrected chi connectivity index (χ1v) is 9.42. The van der Waals surface area contributed by atoms with E-state index in [1.807, 2.05) is 18.4 Å². The van der Waals surface area contributed by atoms with E-state index >= 15 is 0 Å². The average Bonchev–Trinajstić information content (AvgIpc) is 3.03. The SMILES string of the molecule is Cc1ccsc1CCC(=O)Nc1c(C)nc(Oc2ccccc2F)nc1C. The lowest BCUT2D eigenvalue weighted by Gasteiger charge is -2.12. The van der Waals surface area contributed by atoms with Crippen LogP contribution in [0, 0.1) is 26.6 Å². The van der Waals surface area contributed by atoms with E-state index in [0.29, 0.717) is 29.9 Å². The highest BCUT2D eigenvalue weighted by Gasteiger charge is 2.14. The number of nitrogens with zero attached hydrogens (tertiary/aromatic N) is 2. The second kappa shape index (κ2) is 8.26. The molecule has 0 fully saturated rings. The largest absolute Gasteiger partial charge is 0.421 e. The second-order valence-electron chi connectivity index (χ2n) is 6.16. The third-order valence-corrected chi connectivity index (χ3v) is 5.18. The van der Waals surface area contributed by atoms with Gasteiger partial charge in [-0.3, -0.25) is 4.79 Å². The van der Waals surface area contributed by atoms with Crippen LogP contribution in [0.4, 0.5) is 10.1 Å². The Morgan fingerprint density at radius 2 is 1.85 bits per heavy atom. The summed E-state index contributed by atoms with van der Waals surface area (Å²) >= 11 is 1.66. The number of carbonyl (C=O) groups excluding carboxylic acids is 1. The van der Waals surface area contributed by atoms with Crippen LogP contribution in [0.15, 0.2) is 35.7 Å². The zero-order chi connectivity index (χ0) is 19.4. The van der Waals surface area contributed by atoms with E-state index in [0.717, 1.165) is 0 Å². The Kier molecular flexibility index (Phi) is 5.81. The van der Waals surface area contributed by atoms with Gasteiger partial charge in [0.1, 0.15) is 0 Å². The van der Waals surface area contributed by atoms with Crippen molar-refractivity contribution in [2.24, 2.45) is 0 Å². The molecular weight excluding hydrogens is 365 g/mol. The number of amides is 1. The number of thiophene rings is 1. The molecule has 0 atom stereocenters. The zero-order valence-corrected chi connectivity index (χ0v) is 16.2. The van der Waals surface area contributed by atoms with Gasteiger partial charge in [-0.1, -0.05) is 12.1 Å². The molecule has 0 radical (unpaired) electrons. The minimum absolute atomic E-state index is 0.0438. The van der Waals surface area contributed by atoms with Gasteiger partial charge in [0.05, 0.1) is 17.1 Å². The summed E-state index contributed by atoms with van der Waals surface area (Å²) in [5.41, 5.74) is 2.89. The molecule has 7 heteroatoms. The summed E-state index contributed by atoms with van der Waals surface area (Å²) in [6.07, 6.45) is 1.08. The number of anilines is 1. The van der Waals surface area contributed by atoms with Crippen LogP contribution < -0.4 is 10.1 Å². The number of rotatable bonds is 6. The van der Waals surface area contributed by atoms with Crippen molar-refractivity contribution in [3.05, 3.63) is 63.4 Å². The molecule has 5 nitrogen and oxygen atoms in total. The van der Waals surface area contributed by atoms with Crippen LogP contribution in [0.5, 0.6) is 11.8 Å². The van der Waals surface area contributed by atoms with Gasteiger partial charge in [0.25, 0.3) is 0 Å². The van der Waals surface area contributed by atoms with Crippen molar-refractivity contribution < 1.29 is 13.9 Å². The Labute approximate surface area is 161 Å². The van der Waals surface area contributed by atoms with E-state index in [-0.39, 0.29) is 17.7 Å². The van der Waals surface area contributed by atoms with Crippen molar-refractivity contribution in [3.63, 3.8) is 0 Å². The first kappa shape index (κ1) is 19.0. The predicted octanol–water partition coefficient (Wildman–Crippen LogP) is 4.97. The molecule has 27 heavy (non-hydrogen) atoms. The molecule has 0 aliphatic rings. The van der Waals surface area contributed by atoms with Crippen molar-refractivity contribution in [2.75, 3.05) is 5.32 Å². The number of aromatic nitrogens is 2. The van der Waals surface area contributed by atoms with Gasteiger partial charge in [0.15, 0.2) is 11.6 Å². The molecule has 140 valence electrons. The maximum absolute atomic E-state index is 13.7. The van der Waals surface area contributed by atoms with Crippen molar-refractivity contribution in [1.29, 1.82) is 0 Å². The van der Waals surface area contributed by atoms with E-state index in [9.17, 15) is 9.18 Å². The number of hydrogen-bond acceptors (Lipinski definition) is 5. The third-order valence-electron chi connectivity index (χ3n) is 4.10. The molecular formula is C20H20FN3O2S. The molecule has 0 saturated heterocycles. The Hall–Kier alpha value is -2.80. The van der Waals surface area contributed by atoms with Crippen LogP contribution in [0.3, 0.4) is 0 Å². The van der Waals surface area contributed by atoms with Gasteiger partial charge in [-0.15, -0.1) is 11.3 Å². The zero-order valence-electron chi connectivity index (χ0n) is 15.4. The summed E-state index contributed by atoms with van der Waals surface area (Å²) in [5, 5.41) is 4.90. The van der Waals surface area contributed by atoms with Crippen LogP contribution in [0.2, 0.25) is 0 Å². The first-order chi connectivity index (χ1) is 12.9. The van der Waals surface area contributed by atoms with Crippen LogP contribution in [-0.2, 0) is 11.2 Å². The predicted molar refractivity (Wildman–Crippen MR) is 104 cm³/mol. The number of hydrogen-bond donors (Lipinski definition) is 1. The lowest BCUT2D eigenvalue weighted by Crippen LogP contribution is -2.15. The van der Waals surface area contributed by atoms with Crippen molar-refractivity contribution in [2.45, 2.75) is 33.6 Å². The van der Waals surface area contributed by atoms with Gasteiger partial charge in [-0.25, -0.2) is 4.39 Å². The van der Waals surface area contributed by atoms with E-state index < -0.39 is 5.82 Å². The highest BCUT2D eigenvalue weighted by atomic mass is 32.1. The molecule has 3 rings (SSSR count). The van der Waals surface area contributed by atoms with Gasteiger partial charge in [0, 0.05) is 11.3 Å². The quantitative estimate of drug-likeness (QED) is 0.651. The average molecular weight is 385 g/mol. The van der Waals surface area contributed by atoms with Crippen LogP contribution in [-0.4, -0.2) is 15.9 Å². The summed E-state index contributed by atoms with van der Waals surface area (Å²) in [7, 11) is 0. The van der Waals surface area contributed by atoms with Gasteiger partial charge in [-0.05, 0) is 56.3 Å². The van der Waals surface area contributed by atoms with Crippen LogP contribution in [0.25, 0.3) is 0 Å². The Bertz CT molecular complexity index is 948. The van der Waals surface area contributed by atoms with E-state index in [2.05, 4.69) is 15.3 Å². The molecule has 0 bridgehead atoms. The number of halogens is 1. The third kappa shape index (κ3) is 4.68. The van der Waals surface area contributed by atoms with E-state index in [1.54, 1.807) is 37.3 Å². The molecule has 0 aliphatic heterocycles. The van der Waals surface area contributed by atoms with Gasteiger partial charge in [-0.2, -0.15) is 9.97 Å². The number of carbonyl (C=O) groups is 1. The molecule has 0 saturated carbocycles. The molecule has 3 aromatic rings. The molecule has 2 heterocycles. The van der Waals surface area contributed by atoms with Crippen molar-refractivity contribution >= 4 is 22.9 Å². The molecule has 0 aliphatic carbocycles. The molecule has 0 spiro atoms. The summed E-state index contributed by atoms with van der Waals surface area (Å²) < 4.78 is 19.2.